The molecule has 1 aromatic carbocycles. The summed E-state index contributed by atoms with van der Waals surface area (Å²) in [6.07, 6.45) is 8.35. The third-order valence-corrected chi connectivity index (χ3v) is 6.00. The van der Waals surface area contributed by atoms with Crippen LogP contribution in [0.15, 0.2) is 61.2 Å². The summed E-state index contributed by atoms with van der Waals surface area (Å²) in [6, 6.07) is 12.8. The van der Waals surface area contributed by atoms with Crippen LogP contribution in [0.4, 0.5) is 0 Å². The van der Waals surface area contributed by atoms with Crippen molar-refractivity contribution in [1.29, 1.82) is 0 Å². The van der Waals surface area contributed by atoms with Crippen molar-refractivity contribution in [1.82, 2.24) is 29.5 Å². The number of pyridine rings is 1. The summed E-state index contributed by atoms with van der Waals surface area (Å²) in [5, 5.41) is 5.88. The number of fused-ring (bicyclic) bond motifs is 2. The van der Waals surface area contributed by atoms with E-state index in [4.69, 9.17) is 14.6 Å². The summed E-state index contributed by atoms with van der Waals surface area (Å²) in [5.41, 5.74) is 5.71. The van der Waals surface area contributed by atoms with E-state index in [1.54, 1.807) is 19.5 Å². The maximum absolute atomic E-state index is 5.48. The normalized spacial score (nSPS) is 17.6. The molecule has 0 aliphatic heterocycles. The number of para-hydroxylation sites is 1. The number of ether oxygens (including phenoxy) is 2. The number of methoxy groups -OCH3 is 2. The van der Waals surface area contributed by atoms with E-state index in [1.165, 1.54) is 12.7 Å². The van der Waals surface area contributed by atoms with Gasteiger partial charge in [0.1, 0.15) is 0 Å². The molecular weight excluding hydrogens is 404 g/mol. The van der Waals surface area contributed by atoms with Gasteiger partial charge < -0.3 is 9.47 Å². The molecule has 32 heavy (non-hydrogen) atoms. The van der Waals surface area contributed by atoms with Gasteiger partial charge in [-0.3, -0.25) is 4.98 Å². The highest BCUT2D eigenvalue weighted by Crippen LogP contribution is 2.55. The number of nitrogens with zero attached hydrogens (tertiary/aromatic N) is 6. The standard InChI is InChI=1S/C24H20N6O2/c1-31-23-19(13-27-24(28-23)32-2)21-11-18(22-25-7-8-30(22)29-21)17-10-16(17)15-9-14-5-3-4-6-20(14)26-12-15/h3-9,11-13,16-17H,10H2,1-2H3. The number of hydrogen-bond acceptors (Lipinski definition) is 7. The molecular formula is C24H20N6O2. The van der Waals surface area contributed by atoms with Crippen molar-refractivity contribution in [3.05, 3.63) is 72.3 Å². The Kier molecular flexibility index (Phi) is 4.24. The number of hydrogen-bond donors (Lipinski definition) is 0. The molecule has 0 radical (unpaired) electrons. The number of aromatic nitrogens is 6. The Labute approximate surface area is 183 Å². The molecule has 4 aromatic heterocycles. The minimum atomic E-state index is 0.251. The molecule has 5 aromatic rings. The molecule has 2 atom stereocenters. The quantitative estimate of drug-likeness (QED) is 0.421. The predicted octanol–water partition coefficient (Wildman–Crippen LogP) is 4.02. The molecule has 0 amide bonds. The lowest BCUT2D eigenvalue weighted by Gasteiger charge is -2.11. The van der Waals surface area contributed by atoms with Gasteiger partial charge >= 0.3 is 6.01 Å². The first-order valence-corrected chi connectivity index (χ1v) is 10.4. The molecule has 6 rings (SSSR count). The Morgan fingerprint density at radius 3 is 2.75 bits per heavy atom. The first kappa shape index (κ1) is 18.7. The Morgan fingerprint density at radius 2 is 1.88 bits per heavy atom. The molecule has 1 aliphatic carbocycles. The molecule has 8 heteroatoms. The van der Waals surface area contributed by atoms with Crippen LogP contribution in [-0.4, -0.2) is 43.8 Å². The Balaban J connectivity index is 1.42. The van der Waals surface area contributed by atoms with E-state index in [0.717, 1.165) is 34.2 Å². The molecule has 1 saturated carbocycles. The van der Waals surface area contributed by atoms with Gasteiger partial charge in [0.25, 0.3) is 0 Å². The summed E-state index contributed by atoms with van der Waals surface area (Å²) in [7, 11) is 3.10. The Hall–Kier alpha value is -4.07. The largest absolute Gasteiger partial charge is 0.480 e. The van der Waals surface area contributed by atoms with Gasteiger partial charge in [-0.05, 0) is 42.0 Å². The van der Waals surface area contributed by atoms with Gasteiger partial charge in [-0.2, -0.15) is 10.1 Å². The summed E-state index contributed by atoms with van der Waals surface area (Å²) in [6.45, 7) is 0. The third-order valence-electron chi connectivity index (χ3n) is 6.00. The van der Waals surface area contributed by atoms with E-state index in [9.17, 15) is 0 Å². The molecule has 158 valence electrons. The zero-order chi connectivity index (χ0) is 21.7. The van der Waals surface area contributed by atoms with Crippen LogP contribution in [-0.2, 0) is 0 Å². The number of imidazole rings is 1. The van der Waals surface area contributed by atoms with Crippen molar-refractivity contribution < 1.29 is 9.47 Å². The fraction of sp³-hybridized carbons (Fsp3) is 0.208. The smallest absolute Gasteiger partial charge is 0.319 e. The van der Waals surface area contributed by atoms with Gasteiger partial charge in [0, 0.05) is 35.7 Å². The lowest BCUT2D eigenvalue weighted by molar-refractivity contribution is 0.353. The van der Waals surface area contributed by atoms with Gasteiger partial charge in [0.05, 0.1) is 31.0 Å². The van der Waals surface area contributed by atoms with Crippen LogP contribution in [0.5, 0.6) is 11.9 Å². The first-order valence-electron chi connectivity index (χ1n) is 10.4. The fourth-order valence-corrected chi connectivity index (χ4v) is 4.32. The molecule has 0 bridgehead atoms. The summed E-state index contributed by atoms with van der Waals surface area (Å²) in [5.74, 6) is 1.16. The Bertz CT molecular complexity index is 1460. The average molecular weight is 424 g/mol. The summed E-state index contributed by atoms with van der Waals surface area (Å²) < 4.78 is 12.4. The highest BCUT2D eigenvalue weighted by atomic mass is 16.5. The molecule has 0 spiro atoms. The summed E-state index contributed by atoms with van der Waals surface area (Å²) >= 11 is 0. The van der Waals surface area contributed by atoms with E-state index >= 15 is 0 Å². The second kappa shape index (κ2) is 7.26. The van der Waals surface area contributed by atoms with E-state index in [-0.39, 0.29) is 6.01 Å². The van der Waals surface area contributed by atoms with Gasteiger partial charge in [0.15, 0.2) is 5.65 Å². The molecule has 2 unspecified atom stereocenters. The molecule has 0 N–H and O–H groups in total. The Morgan fingerprint density at radius 1 is 0.969 bits per heavy atom. The van der Waals surface area contributed by atoms with Crippen molar-refractivity contribution in [2.24, 2.45) is 0 Å². The minimum Gasteiger partial charge on any atom is -0.480 e. The highest BCUT2D eigenvalue weighted by molar-refractivity contribution is 5.79. The molecule has 0 saturated heterocycles. The van der Waals surface area contributed by atoms with Crippen molar-refractivity contribution in [2.45, 2.75) is 18.3 Å². The minimum absolute atomic E-state index is 0.251. The second-order valence-electron chi connectivity index (χ2n) is 7.87. The van der Waals surface area contributed by atoms with Gasteiger partial charge in [-0.1, -0.05) is 18.2 Å². The second-order valence-corrected chi connectivity index (χ2v) is 7.87. The number of benzene rings is 1. The predicted molar refractivity (Wildman–Crippen MR) is 119 cm³/mol. The first-order chi connectivity index (χ1) is 15.7. The van der Waals surface area contributed by atoms with Crippen molar-refractivity contribution in [3.8, 4) is 23.1 Å². The molecule has 8 nitrogen and oxygen atoms in total. The summed E-state index contributed by atoms with van der Waals surface area (Å²) in [4.78, 5) is 17.8. The monoisotopic (exact) mass is 424 g/mol. The average Bonchev–Trinajstić information content (AvgIpc) is 3.50. The lowest BCUT2D eigenvalue weighted by atomic mass is 10.0. The molecule has 4 heterocycles. The van der Waals surface area contributed by atoms with Crippen LogP contribution in [0.3, 0.4) is 0 Å². The van der Waals surface area contributed by atoms with Crippen LogP contribution >= 0.6 is 0 Å². The van der Waals surface area contributed by atoms with Crippen molar-refractivity contribution >= 4 is 16.6 Å². The van der Waals surface area contributed by atoms with Gasteiger partial charge in [-0.15, -0.1) is 0 Å². The maximum atomic E-state index is 5.48. The van der Waals surface area contributed by atoms with E-state index in [1.807, 2.05) is 35.1 Å². The van der Waals surface area contributed by atoms with E-state index < -0.39 is 0 Å². The SMILES string of the molecule is COc1ncc(-c2cc(C3CC3c3cnc4ccccc4c3)c3nccn3n2)c(OC)n1. The highest BCUT2D eigenvalue weighted by Gasteiger charge is 2.41. The van der Waals surface area contributed by atoms with Crippen LogP contribution < -0.4 is 9.47 Å². The van der Waals surface area contributed by atoms with Gasteiger partial charge in [-0.25, -0.2) is 14.5 Å². The maximum Gasteiger partial charge on any atom is 0.319 e. The number of rotatable bonds is 5. The third kappa shape index (κ3) is 3.03. The molecule has 1 fully saturated rings. The van der Waals surface area contributed by atoms with Crippen molar-refractivity contribution in [3.63, 3.8) is 0 Å². The zero-order valence-corrected chi connectivity index (χ0v) is 17.6. The van der Waals surface area contributed by atoms with Gasteiger partial charge in [0.2, 0.25) is 5.88 Å². The zero-order valence-electron chi connectivity index (χ0n) is 17.6. The van der Waals surface area contributed by atoms with Crippen LogP contribution in [0.25, 0.3) is 27.8 Å². The van der Waals surface area contributed by atoms with E-state index in [0.29, 0.717) is 23.3 Å². The van der Waals surface area contributed by atoms with Crippen LogP contribution in [0, 0.1) is 0 Å². The van der Waals surface area contributed by atoms with Crippen molar-refractivity contribution in [2.75, 3.05) is 14.2 Å². The lowest BCUT2D eigenvalue weighted by Crippen LogP contribution is -2.02. The van der Waals surface area contributed by atoms with Crippen LogP contribution in [0.1, 0.15) is 29.4 Å². The topological polar surface area (TPSA) is 87.3 Å². The molecule has 1 aliphatic rings. The van der Waals surface area contributed by atoms with Crippen LogP contribution in [0.2, 0.25) is 0 Å². The fourth-order valence-electron chi connectivity index (χ4n) is 4.32. The van der Waals surface area contributed by atoms with E-state index in [2.05, 4.69) is 38.1 Å².